The van der Waals surface area contributed by atoms with Crippen LogP contribution in [0.5, 0.6) is 0 Å². The third-order valence-corrected chi connectivity index (χ3v) is 3.52. The maximum Gasteiger partial charge on any atom is 0.220 e. The van der Waals surface area contributed by atoms with E-state index in [1.165, 1.54) is 0 Å². The van der Waals surface area contributed by atoms with Crippen molar-refractivity contribution >= 4 is 11.6 Å². The number of hydrogen-bond acceptors (Lipinski definition) is 3. The molecule has 0 aromatic heterocycles. The molecule has 19 heavy (non-hydrogen) atoms. The zero-order valence-corrected chi connectivity index (χ0v) is 11.2. The van der Waals surface area contributed by atoms with Gasteiger partial charge in [-0.1, -0.05) is 12.1 Å². The number of nitrogens with one attached hydrogen (secondary N) is 1. The normalized spacial score (nSPS) is 18.4. The van der Waals surface area contributed by atoms with Crippen molar-refractivity contribution in [3.05, 3.63) is 29.8 Å². The van der Waals surface area contributed by atoms with Crippen molar-refractivity contribution in [3.63, 3.8) is 0 Å². The summed E-state index contributed by atoms with van der Waals surface area (Å²) in [5.41, 5.74) is 7.52. The van der Waals surface area contributed by atoms with Crippen molar-refractivity contribution < 1.29 is 9.53 Å². The summed E-state index contributed by atoms with van der Waals surface area (Å²) in [6.07, 6.45) is 3.44. The molecule has 0 radical (unpaired) electrons. The maximum atomic E-state index is 11.7. The molecular weight excluding hydrogens is 240 g/mol. The van der Waals surface area contributed by atoms with Crippen molar-refractivity contribution in [2.75, 3.05) is 25.5 Å². The highest BCUT2D eigenvalue weighted by atomic mass is 16.5. The van der Waals surface area contributed by atoms with Gasteiger partial charge in [0.15, 0.2) is 0 Å². The van der Waals surface area contributed by atoms with E-state index in [1.807, 2.05) is 24.3 Å². The van der Waals surface area contributed by atoms with E-state index in [-0.39, 0.29) is 5.91 Å². The number of nitrogen functional groups attached to an aromatic ring is 1. The fourth-order valence-electron chi connectivity index (χ4n) is 2.26. The molecule has 3 N–H and O–H groups in total. The van der Waals surface area contributed by atoms with Gasteiger partial charge in [-0.05, 0) is 42.9 Å². The van der Waals surface area contributed by atoms with E-state index in [0.717, 1.165) is 50.3 Å². The molecule has 0 aliphatic carbocycles. The number of carbonyl (C=O) groups excluding carboxylic acids is 1. The van der Waals surface area contributed by atoms with Gasteiger partial charge in [-0.25, -0.2) is 0 Å². The van der Waals surface area contributed by atoms with E-state index in [4.69, 9.17) is 10.5 Å². The standard InChI is InChI=1S/C15H22N2O2/c16-14-4-1-12(2-5-14)3-6-15(18)17-9-7-13-8-10-19-11-13/h1-2,4-5,13H,3,6-11,16H2,(H,17,18). The first-order valence-electron chi connectivity index (χ1n) is 6.93. The average molecular weight is 262 g/mol. The monoisotopic (exact) mass is 262 g/mol. The molecule has 1 amide bonds. The van der Waals surface area contributed by atoms with Gasteiger partial charge in [-0.3, -0.25) is 4.79 Å². The average Bonchev–Trinajstić information content (AvgIpc) is 2.91. The zero-order chi connectivity index (χ0) is 13.5. The van der Waals surface area contributed by atoms with Gasteiger partial charge in [0.05, 0.1) is 0 Å². The van der Waals surface area contributed by atoms with Gasteiger partial charge >= 0.3 is 0 Å². The van der Waals surface area contributed by atoms with Crippen molar-refractivity contribution in [2.24, 2.45) is 5.92 Å². The molecule has 1 aliphatic heterocycles. The summed E-state index contributed by atoms with van der Waals surface area (Å²) in [4.78, 5) is 11.7. The van der Waals surface area contributed by atoms with E-state index in [0.29, 0.717) is 12.3 Å². The molecule has 1 aromatic carbocycles. The Morgan fingerprint density at radius 1 is 1.37 bits per heavy atom. The first kappa shape index (κ1) is 13.9. The number of nitrogens with two attached hydrogens (primary N) is 1. The Balaban J connectivity index is 1.60. The Labute approximate surface area is 114 Å². The van der Waals surface area contributed by atoms with Crippen LogP contribution in [-0.4, -0.2) is 25.7 Å². The van der Waals surface area contributed by atoms with Crippen LogP contribution < -0.4 is 11.1 Å². The third kappa shape index (κ3) is 4.91. The molecule has 1 aliphatic rings. The maximum absolute atomic E-state index is 11.7. The molecular formula is C15H22N2O2. The zero-order valence-electron chi connectivity index (χ0n) is 11.2. The summed E-state index contributed by atoms with van der Waals surface area (Å²) in [6.45, 7) is 2.48. The van der Waals surface area contributed by atoms with Gasteiger partial charge in [-0.2, -0.15) is 0 Å². The lowest BCUT2D eigenvalue weighted by Gasteiger charge is -2.09. The largest absolute Gasteiger partial charge is 0.399 e. The van der Waals surface area contributed by atoms with Crippen LogP contribution in [0.25, 0.3) is 0 Å². The summed E-state index contributed by atoms with van der Waals surface area (Å²) in [6, 6.07) is 7.68. The van der Waals surface area contributed by atoms with Crippen LogP contribution >= 0.6 is 0 Å². The molecule has 4 heteroatoms. The molecule has 1 atom stereocenters. The summed E-state index contributed by atoms with van der Waals surface area (Å²) in [5.74, 6) is 0.744. The Kier molecular flexibility index (Phi) is 5.21. The van der Waals surface area contributed by atoms with E-state index < -0.39 is 0 Å². The fraction of sp³-hybridized carbons (Fsp3) is 0.533. The van der Waals surface area contributed by atoms with Crippen LogP contribution in [0.4, 0.5) is 5.69 Å². The minimum absolute atomic E-state index is 0.121. The van der Waals surface area contributed by atoms with Gasteiger partial charge < -0.3 is 15.8 Å². The van der Waals surface area contributed by atoms with E-state index >= 15 is 0 Å². The highest BCUT2D eigenvalue weighted by Gasteiger charge is 2.15. The highest BCUT2D eigenvalue weighted by molar-refractivity contribution is 5.76. The van der Waals surface area contributed by atoms with Crippen LogP contribution in [0.3, 0.4) is 0 Å². The van der Waals surface area contributed by atoms with Crippen molar-refractivity contribution in [2.45, 2.75) is 25.7 Å². The molecule has 1 heterocycles. The summed E-state index contributed by atoms with van der Waals surface area (Å²) < 4.78 is 5.31. The highest BCUT2D eigenvalue weighted by Crippen LogP contribution is 2.15. The second-order valence-corrected chi connectivity index (χ2v) is 5.11. The predicted molar refractivity (Wildman–Crippen MR) is 75.7 cm³/mol. The molecule has 104 valence electrons. The summed E-state index contributed by atoms with van der Waals surface area (Å²) >= 11 is 0. The minimum atomic E-state index is 0.121. The van der Waals surface area contributed by atoms with Crippen LogP contribution in [-0.2, 0) is 16.0 Å². The molecule has 0 bridgehead atoms. The summed E-state index contributed by atoms with van der Waals surface area (Å²) in [5, 5.41) is 2.97. The molecule has 0 saturated carbocycles. The predicted octanol–water partition coefficient (Wildman–Crippen LogP) is 1.74. The molecule has 0 spiro atoms. The summed E-state index contributed by atoms with van der Waals surface area (Å²) in [7, 11) is 0. The molecule has 1 fully saturated rings. The molecule has 1 saturated heterocycles. The first-order valence-corrected chi connectivity index (χ1v) is 6.93. The van der Waals surface area contributed by atoms with Gasteiger partial charge in [0.2, 0.25) is 5.91 Å². The molecule has 1 unspecified atom stereocenters. The Bertz CT molecular complexity index is 397. The smallest absolute Gasteiger partial charge is 0.220 e. The number of benzene rings is 1. The number of carbonyl (C=O) groups is 1. The van der Waals surface area contributed by atoms with Gasteiger partial charge in [0, 0.05) is 31.9 Å². The van der Waals surface area contributed by atoms with Gasteiger partial charge in [0.25, 0.3) is 0 Å². The second kappa shape index (κ2) is 7.14. The van der Waals surface area contributed by atoms with Crippen LogP contribution in [0.2, 0.25) is 0 Å². The Morgan fingerprint density at radius 2 is 2.16 bits per heavy atom. The SMILES string of the molecule is Nc1ccc(CCC(=O)NCCC2CCOC2)cc1. The quantitative estimate of drug-likeness (QED) is 0.768. The number of ether oxygens (including phenoxy) is 1. The third-order valence-electron chi connectivity index (χ3n) is 3.52. The molecule has 4 nitrogen and oxygen atoms in total. The lowest BCUT2D eigenvalue weighted by Crippen LogP contribution is -2.26. The van der Waals surface area contributed by atoms with Gasteiger partial charge in [0.1, 0.15) is 0 Å². The molecule has 2 rings (SSSR count). The fourth-order valence-corrected chi connectivity index (χ4v) is 2.26. The number of amides is 1. The number of anilines is 1. The minimum Gasteiger partial charge on any atom is -0.399 e. The van der Waals surface area contributed by atoms with Crippen molar-refractivity contribution in [1.82, 2.24) is 5.32 Å². The number of aryl methyl sites for hydroxylation is 1. The topological polar surface area (TPSA) is 64.4 Å². The van der Waals surface area contributed by atoms with E-state index in [2.05, 4.69) is 5.32 Å². The lowest BCUT2D eigenvalue weighted by atomic mass is 10.1. The van der Waals surface area contributed by atoms with Crippen LogP contribution in [0.15, 0.2) is 24.3 Å². The van der Waals surface area contributed by atoms with Crippen LogP contribution in [0, 0.1) is 5.92 Å². The number of hydrogen-bond donors (Lipinski definition) is 2. The lowest BCUT2D eigenvalue weighted by molar-refractivity contribution is -0.121. The molecule has 1 aromatic rings. The van der Waals surface area contributed by atoms with E-state index in [9.17, 15) is 4.79 Å². The Hall–Kier alpha value is -1.55. The number of rotatable bonds is 6. The van der Waals surface area contributed by atoms with Crippen molar-refractivity contribution in [1.29, 1.82) is 0 Å². The van der Waals surface area contributed by atoms with Crippen molar-refractivity contribution in [3.8, 4) is 0 Å². The Morgan fingerprint density at radius 3 is 2.84 bits per heavy atom. The van der Waals surface area contributed by atoms with E-state index in [1.54, 1.807) is 0 Å². The van der Waals surface area contributed by atoms with Gasteiger partial charge in [-0.15, -0.1) is 0 Å². The van der Waals surface area contributed by atoms with Crippen LogP contribution in [0.1, 0.15) is 24.8 Å². The first-order chi connectivity index (χ1) is 9.24. The second-order valence-electron chi connectivity index (χ2n) is 5.11.